The van der Waals surface area contributed by atoms with Gasteiger partial charge in [0, 0.05) is 18.7 Å². The maximum absolute atomic E-state index is 12.4. The Kier molecular flexibility index (Phi) is 5.52. The van der Waals surface area contributed by atoms with Crippen molar-refractivity contribution in [1.29, 1.82) is 0 Å². The lowest BCUT2D eigenvalue weighted by molar-refractivity contribution is 0.101. The summed E-state index contributed by atoms with van der Waals surface area (Å²) in [6, 6.07) is 9.12. The van der Waals surface area contributed by atoms with Gasteiger partial charge in [0.2, 0.25) is 10.6 Å². The number of anilines is 1. The molecule has 1 amide bonds. The third-order valence-electron chi connectivity index (χ3n) is 3.78. The van der Waals surface area contributed by atoms with E-state index in [-0.39, 0.29) is 5.69 Å². The van der Waals surface area contributed by atoms with Crippen LogP contribution in [0.15, 0.2) is 41.3 Å². The first-order valence-electron chi connectivity index (χ1n) is 8.43. The van der Waals surface area contributed by atoms with Crippen molar-refractivity contribution in [3.63, 3.8) is 0 Å². The summed E-state index contributed by atoms with van der Waals surface area (Å²) in [6.07, 6.45) is 4.24. The first-order chi connectivity index (χ1) is 12.6. The fourth-order valence-electron chi connectivity index (χ4n) is 2.37. The maximum atomic E-state index is 12.4. The molecule has 3 aromatic rings. The first kappa shape index (κ1) is 17.9. The Morgan fingerprint density at radius 1 is 1.15 bits per heavy atom. The van der Waals surface area contributed by atoms with Crippen LogP contribution in [0.25, 0.3) is 5.69 Å². The maximum Gasteiger partial charge on any atom is 0.282 e. The molecule has 0 saturated heterocycles. The van der Waals surface area contributed by atoms with Crippen molar-refractivity contribution >= 4 is 22.4 Å². The number of nitrogens with zero attached hydrogens (tertiary/aromatic N) is 4. The number of aromatic nitrogens is 4. The van der Waals surface area contributed by atoms with Gasteiger partial charge in [0.05, 0.1) is 5.69 Å². The van der Waals surface area contributed by atoms with Crippen molar-refractivity contribution < 1.29 is 4.79 Å². The summed E-state index contributed by atoms with van der Waals surface area (Å²) in [4.78, 5) is 24.5. The lowest BCUT2D eigenvalue weighted by Crippen LogP contribution is -2.25. The summed E-state index contributed by atoms with van der Waals surface area (Å²) in [5.74, 6) is -0.589. The molecule has 7 nitrogen and oxygen atoms in total. The van der Waals surface area contributed by atoms with Gasteiger partial charge in [0.1, 0.15) is 5.01 Å². The minimum atomic E-state index is -0.589. The van der Waals surface area contributed by atoms with E-state index in [1.807, 2.05) is 31.2 Å². The average Bonchev–Trinajstić information content (AvgIpc) is 3.09. The topological polar surface area (TPSA) is 89.8 Å². The van der Waals surface area contributed by atoms with Crippen LogP contribution in [-0.2, 0) is 12.8 Å². The molecule has 2 heterocycles. The summed E-state index contributed by atoms with van der Waals surface area (Å²) in [5, 5.41) is 15.9. The summed E-state index contributed by atoms with van der Waals surface area (Å²) in [7, 11) is 0. The Morgan fingerprint density at radius 2 is 1.92 bits per heavy atom. The van der Waals surface area contributed by atoms with Crippen LogP contribution in [-0.4, -0.2) is 25.9 Å². The molecular weight excluding hydrogens is 350 g/mol. The lowest BCUT2D eigenvalue weighted by Gasteiger charge is -2.07. The molecule has 0 unspecified atom stereocenters. The van der Waals surface area contributed by atoms with Crippen LogP contribution in [0.3, 0.4) is 0 Å². The average molecular weight is 369 g/mol. The highest BCUT2D eigenvalue weighted by molar-refractivity contribution is 7.15. The summed E-state index contributed by atoms with van der Waals surface area (Å²) in [5.41, 5.74) is 1.35. The molecule has 0 radical (unpaired) electrons. The van der Waals surface area contributed by atoms with Gasteiger partial charge in [0.25, 0.3) is 5.91 Å². The van der Waals surface area contributed by atoms with Gasteiger partial charge in [-0.1, -0.05) is 37.3 Å². The first-order valence-corrected chi connectivity index (χ1v) is 9.25. The van der Waals surface area contributed by atoms with E-state index >= 15 is 0 Å². The predicted octanol–water partition coefficient (Wildman–Crippen LogP) is 2.85. The zero-order chi connectivity index (χ0) is 18.5. The zero-order valence-electron chi connectivity index (χ0n) is 14.6. The van der Waals surface area contributed by atoms with Crippen LogP contribution >= 0.6 is 11.3 Å². The highest BCUT2D eigenvalue weighted by Gasteiger charge is 2.16. The van der Waals surface area contributed by atoms with E-state index in [1.165, 1.54) is 27.6 Å². The zero-order valence-corrected chi connectivity index (χ0v) is 15.4. The fourth-order valence-corrected chi connectivity index (χ4v) is 3.20. The molecule has 0 aliphatic heterocycles. The van der Waals surface area contributed by atoms with Crippen molar-refractivity contribution in [3.05, 3.63) is 63.0 Å². The van der Waals surface area contributed by atoms with Gasteiger partial charge in [-0.15, -0.1) is 10.2 Å². The smallest absolute Gasteiger partial charge is 0.282 e. The monoisotopic (exact) mass is 369 g/mol. The SMILES string of the molecule is CCCc1nnc(NC(=O)c2nn(-c3ccc(CC)cc3)ccc2=O)s1. The van der Waals surface area contributed by atoms with Crippen molar-refractivity contribution in [2.24, 2.45) is 0 Å². The highest BCUT2D eigenvalue weighted by atomic mass is 32.1. The third-order valence-corrected chi connectivity index (χ3v) is 4.68. The number of aryl methyl sites for hydroxylation is 2. The molecule has 1 N–H and O–H groups in total. The predicted molar refractivity (Wildman–Crippen MR) is 101 cm³/mol. The van der Waals surface area contributed by atoms with Crippen molar-refractivity contribution in [2.45, 2.75) is 33.1 Å². The summed E-state index contributed by atoms with van der Waals surface area (Å²) < 4.78 is 1.51. The molecule has 2 aromatic heterocycles. The summed E-state index contributed by atoms with van der Waals surface area (Å²) in [6.45, 7) is 4.12. The largest absolute Gasteiger partial charge is 0.295 e. The molecule has 1 aromatic carbocycles. The Labute approximate surface area is 154 Å². The van der Waals surface area contributed by atoms with Gasteiger partial charge in [-0.05, 0) is 30.5 Å². The van der Waals surface area contributed by atoms with Crippen molar-refractivity contribution in [2.75, 3.05) is 5.32 Å². The van der Waals surface area contributed by atoms with Crippen LogP contribution in [0.5, 0.6) is 0 Å². The van der Waals surface area contributed by atoms with E-state index in [1.54, 1.807) is 6.20 Å². The van der Waals surface area contributed by atoms with Crippen molar-refractivity contribution in [1.82, 2.24) is 20.0 Å². The molecule has 0 fully saturated rings. The summed E-state index contributed by atoms with van der Waals surface area (Å²) >= 11 is 1.30. The number of rotatable bonds is 6. The number of hydrogen-bond acceptors (Lipinski definition) is 6. The van der Waals surface area contributed by atoms with Crippen LogP contribution in [0.1, 0.15) is 41.3 Å². The van der Waals surface area contributed by atoms with E-state index < -0.39 is 11.3 Å². The van der Waals surface area contributed by atoms with Crippen LogP contribution in [0, 0.1) is 0 Å². The van der Waals surface area contributed by atoms with E-state index in [0.717, 1.165) is 30.0 Å². The normalized spacial score (nSPS) is 10.7. The molecule has 0 bridgehead atoms. The van der Waals surface area contributed by atoms with Crippen LogP contribution < -0.4 is 10.7 Å². The van der Waals surface area contributed by atoms with Gasteiger partial charge in [-0.25, -0.2) is 4.68 Å². The molecule has 0 saturated carbocycles. The Morgan fingerprint density at radius 3 is 2.62 bits per heavy atom. The second kappa shape index (κ2) is 8.01. The van der Waals surface area contributed by atoms with Gasteiger partial charge in [-0.3, -0.25) is 14.9 Å². The standard InChI is InChI=1S/C18H19N5O2S/c1-3-5-15-20-21-18(26-15)19-17(25)16-14(24)10-11-23(22-16)13-8-6-12(4-2)7-9-13/h6-11H,3-5H2,1-2H3,(H,19,21,25). The number of nitrogens with one attached hydrogen (secondary N) is 1. The molecule has 0 atom stereocenters. The number of amides is 1. The molecule has 3 rings (SSSR count). The number of benzene rings is 1. The quantitative estimate of drug-likeness (QED) is 0.722. The second-order valence-corrected chi connectivity index (χ2v) is 6.76. The number of carbonyl (C=O) groups excluding carboxylic acids is 1. The Hall–Kier alpha value is -2.87. The minimum Gasteiger partial charge on any atom is -0.295 e. The molecule has 0 aliphatic rings. The van der Waals surface area contributed by atoms with Gasteiger partial charge >= 0.3 is 0 Å². The van der Waals surface area contributed by atoms with Gasteiger partial charge in [-0.2, -0.15) is 5.10 Å². The second-order valence-electron chi connectivity index (χ2n) is 5.70. The van der Waals surface area contributed by atoms with Gasteiger partial charge in [0.15, 0.2) is 5.69 Å². The molecule has 0 aliphatic carbocycles. The van der Waals surface area contributed by atoms with E-state index in [4.69, 9.17) is 0 Å². The molecular formula is C18H19N5O2S. The van der Waals surface area contributed by atoms with E-state index in [0.29, 0.717) is 5.13 Å². The number of carbonyl (C=O) groups is 1. The molecule has 26 heavy (non-hydrogen) atoms. The minimum absolute atomic E-state index is 0.181. The van der Waals surface area contributed by atoms with Crippen LogP contribution in [0.2, 0.25) is 0 Å². The third kappa shape index (κ3) is 4.02. The Balaban J connectivity index is 1.84. The van der Waals surface area contributed by atoms with E-state index in [2.05, 4.69) is 27.5 Å². The van der Waals surface area contributed by atoms with Gasteiger partial charge < -0.3 is 0 Å². The van der Waals surface area contributed by atoms with Crippen molar-refractivity contribution in [3.8, 4) is 5.69 Å². The Bertz CT molecular complexity index is 962. The lowest BCUT2D eigenvalue weighted by atomic mass is 10.1. The number of hydrogen-bond donors (Lipinski definition) is 1. The molecule has 8 heteroatoms. The fraction of sp³-hybridized carbons (Fsp3) is 0.278. The molecule has 0 spiro atoms. The molecule has 134 valence electrons. The van der Waals surface area contributed by atoms with E-state index in [9.17, 15) is 9.59 Å². The van der Waals surface area contributed by atoms with Crippen LogP contribution in [0.4, 0.5) is 5.13 Å². The highest BCUT2D eigenvalue weighted by Crippen LogP contribution is 2.17.